The number of benzene rings is 2. The molecule has 112 valence electrons. The van der Waals surface area contributed by atoms with Crippen LogP contribution in [0.4, 0.5) is 4.39 Å². The number of hydrogen-bond acceptors (Lipinski definition) is 1. The first-order valence-corrected chi connectivity index (χ1v) is 8.21. The quantitative estimate of drug-likeness (QED) is 0.661. The summed E-state index contributed by atoms with van der Waals surface area (Å²) in [5.74, 6) is -0.305. The van der Waals surface area contributed by atoms with E-state index in [4.69, 9.17) is 23.2 Å². The number of rotatable bonds is 5. The van der Waals surface area contributed by atoms with E-state index >= 15 is 0 Å². The molecule has 2 aromatic carbocycles. The molecule has 1 N–H and O–H groups in total. The molecule has 0 amide bonds. The molecule has 1 nitrogen and oxygen atoms in total. The van der Waals surface area contributed by atoms with E-state index in [1.807, 2.05) is 18.2 Å². The summed E-state index contributed by atoms with van der Waals surface area (Å²) in [5.41, 5.74) is 1.66. The van der Waals surface area contributed by atoms with Gasteiger partial charge in [-0.15, -0.1) is 0 Å². The van der Waals surface area contributed by atoms with Crippen LogP contribution in [0.1, 0.15) is 30.5 Å². The van der Waals surface area contributed by atoms with E-state index in [1.165, 1.54) is 12.1 Å². The van der Waals surface area contributed by atoms with Gasteiger partial charge in [0, 0.05) is 9.50 Å². The van der Waals surface area contributed by atoms with Gasteiger partial charge in [-0.1, -0.05) is 36.2 Å². The van der Waals surface area contributed by atoms with E-state index in [0.717, 1.165) is 23.0 Å². The van der Waals surface area contributed by atoms with Gasteiger partial charge in [-0.05, 0) is 70.4 Å². The highest BCUT2D eigenvalue weighted by Crippen LogP contribution is 2.32. The zero-order valence-corrected chi connectivity index (χ0v) is 14.6. The Hall–Kier alpha value is -0.610. The van der Waals surface area contributed by atoms with Crippen molar-refractivity contribution in [1.29, 1.82) is 0 Å². The average Bonchev–Trinajstić information content (AvgIpc) is 2.46. The van der Waals surface area contributed by atoms with Gasteiger partial charge in [-0.2, -0.15) is 0 Å². The zero-order chi connectivity index (χ0) is 15.4. The molecular weight excluding hydrogens is 376 g/mol. The van der Waals surface area contributed by atoms with Crippen LogP contribution in [0.15, 0.2) is 40.9 Å². The van der Waals surface area contributed by atoms with Crippen LogP contribution in [-0.4, -0.2) is 6.54 Å². The summed E-state index contributed by atoms with van der Waals surface area (Å²) < 4.78 is 14.4. The number of hydrogen-bond donors (Lipinski definition) is 1. The van der Waals surface area contributed by atoms with E-state index in [-0.39, 0.29) is 11.9 Å². The second-order valence-corrected chi connectivity index (χ2v) is 6.40. The Morgan fingerprint density at radius 1 is 1.14 bits per heavy atom. The Balaban J connectivity index is 2.46. The van der Waals surface area contributed by atoms with Gasteiger partial charge < -0.3 is 5.32 Å². The van der Waals surface area contributed by atoms with Crippen molar-refractivity contribution in [3.05, 3.63) is 67.9 Å². The van der Waals surface area contributed by atoms with Gasteiger partial charge in [0.1, 0.15) is 5.82 Å². The molecule has 5 heteroatoms. The van der Waals surface area contributed by atoms with E-state index in [9.17, 15) is 4.39 Å². The minimum absolute atomic E-state index is 0.196. The van der Waals surface area contributed by atoms with Crippen LogP contribution in [0.2, 0.25) is 10.0 Å². The van der Waals surface area contributed by atoms with E-state index in [1.54, 1.807) is 6.07 Å². The summed E-state index contributed by atoms with van der Waals surface area (Å²) in [5, 5.41) is 4.54. The summed E-state index contributed by atoms with van der Waals surface area (Å²) in [7, 11) is 0. The Bertz CT molecular complexity index is 634. The Morgan fingerprint density at radius 3 is 2.57 bits per heavy atom. The van der Waals surface area contributed by atoms with E-state index < -0.39 is 0 Å². The maximum absolute atomic E-state index is 13.6. The molecule has 0 heterocycles. The fraction of sp³-hybridized carbons (Fsp3) is 0.250. The van der Waals surface area contributed by atoms with Crippen molar-refractivity contribution in [2.24, 2.45) is 0 Å². The molecule has 0 bridgehead atoms. The minimum atomic E-state index is -0.305. The Morgan fingerprint density at radius 2 is 1.90 bits per heavy atom. The molecule has 0 aromatic heterocycles. The topological polar surface area (TPSA) is 12.0 Å². The van der Waals surface area contributed by atoms with Crippen LogP contribution >= 0.6 is 39.1 Å². The highest BCUT2D eigenvalue weighted by molar-refractivity contribution is 9.10. The standard InChI is InChI=1S/C16H15BrCl2FN/c1-2-7-21-16(10-3-5-13(17)15(19)8-10)12-9-11(20)4-6-14(12)18/h3-6,8-9,16,21H,2,7H2,1H3. The minimum Gasteiger partial charge on any atom is -0.306 e. The van der Waals surface area contributed by atoms with Gasteiger partial charge in [0.05, 0.1) is 11.1 Å². The van der Waals surface area contributed by atoms with Crippen molar-refractivity contribution in [3.8, 4) is 0 Å². The first-order valence-electron chi connectivity index (χ1n) is 6.66. The molecule has 2 rings (SSSR count). The van der Waals surface area contributed by atoms with Crippen molar-refractivity contribution < 1.29 is 4.39 Å². The summed E-state index contributed by atoms with van der Waals surface area (Å²) >= 11 is 15.8. The third-order valence-corrected chi connectivity index (χ3v) is 4.72. The molecule has 0 aliphatic carbocycles. The van der Waals surface area contributed by atoms with Crippen LogP contribution in [0.3, 0.4) is 0 Å². The maximum Gasteiger partial charge on any atom is 0.123 e. The molecule has 0 saturated heterocycles. The molecule has 0 aliphatic rings. The molecule has 0 spiro atoms. The van der Waals surface area contributed by atoms with Crippen molar-refractivity contribution in [2.45, 2.75) is 19.4 Å². The van der Waals surface area contributed by atoms with Crippen LogP contribution in [-0.2, 0) is 0 Å². The summed E-state index contributed by atoms with van der Waals surface area (Å²) in [6.45, 7) is 2.87. The molecule has 0 fully saturated rings. The molecule has 21 heavy (non-hydrogen) atoms. The molecule has 0 saturated carbocycles. The van der Waals surface area contributed by atoms with Gasteiger partial charge in [-0.25, -0.2) is 4.39 Å². The highest BCUT2D eigenvalue weighted by atomic mass is 79.9. The SMILES string of the molecule is CCCNC(c1ccc(Br)c(Cl)c1)c1cc(F)ccc1Cl. The van der Waals surface area contributed by atoms with Crippen LogP contribution < -0.4 is 5.32 Å². The van der Waals surface area contributed by atoms with Crippen molar-refractivity contribution in [2.75, 3.05) is 6.54 Å². The van der Waals surface area contributed by atoms with Crippen LogP contribution in [0.25, 0.3) is 0 Å². The predicted molar refractivity (Wildman–Crippen MR) is 90.7 cm³/mol. The lowest BCUT2D eigenvalue weighted by molar-refractivity contribution is 0.585. The molecule has 0 radical (unpaired) electrons. The Labute approximate surface area is 142 Å². The van der Waals surface area contributed by atoms with Crippen molar-refractivity contribution in [3.63, 3.8) is 0 Å². The fourth-order valence-corrected chi connectivity index (χ4v) is 2.79. The van der Waals surface area contributed by atoms with Crippen LogP contribution in [0, 0.1) is 5.82 Å². The second kappa shape index (κ2) is 7.59. The molecular formula is C16H15BrCl2FN. The second-order valence-electron chi connectivity index (χ2n) is 4.73. The Kier molecular flexibility index (Phi) is 6.06. The van der Waals surface area contributed by atoms with Crippen molar-refractivity contribution >= 4 is 39.1 Å². The molecule has 2 aromatic rings. The van der Waals surface area contributed by atoms with Gasteiger partial charge in [-0.3, -0.25) is 0 Å². The molecule has 0 aliphatic heterocycles. The van der Waals surface area contributed by atoms with Crippen molar-refractivity contribution in [1.82, 2.24) is 5.32 Å². The zero-order valence-electron chi connectivity index (χ0n) is 11.5. The maximum atomic E-state index is 13.6. The molecule has 1 unspecified atom stereocenters. The molecule has 1 atom stereocenters. The first kappa shape index (κ1) is 16.8. The third kappa shape index (κ3) is 4.19. The normalized spacial score (nSPS) is 12.4. The van der Waals surface area contributed by atoms with Gasteiger partial charge in [0.2, 0.25) is 0 Å². The van der Waals surface area contributed by atoms with E-state index in [0.29, 0.717) is 15.6 Å². The largest absolute Gasteiger partial charge is 0.306 e. The number of nitrogens with one attached hydrogen (secondary N) is 1. The summed E-state index contributed by atoms with van der Waals surface area (Å²) in [4.78, 5) is 0. The fourth-order valence-electron chi connectivity index (χ4n) is 2.12. The van der Waals surface area contributed by atoms with Gasteiger partial charge in [0.15, 0.2) is 0 Å². The van der Waals surface area contributed by atoms with E-state index in [2.05, 4.69) is 28.2 Å². The number of halogens is 4. The van der Waals surface area contributed by atoms with Gasteiger partial charge >= 0.3 is 0 Å². The van der Waals surface area contributed by atoms with Gasteiger partial charge in [0.25, 0.3) is 0 Å². The lowest BCUT2D eigenvalue weighted by Gasteiger charge is -2.21. The monoisotopic (exact) mass is 389 g/mol. The predicted octanol–water partition coefficient (Wildman–Crippen LogP) is 5.98. The van der Waals surface area contributed by atoms with Crippen LogP contribution in [0.5, 0.6) is 0 Å². The highest BCUT2D eigenvalue weighted by Gasteiger charge is 2.18. The smallest absolute Gasteiger partial charge is 0.123 e. The average molecular weight is 391 g/mol. The summed E-state index contributed by atoms with van der Waals surface area (Å²) in [6, 6.07) is 9.89. The lowest BCUT2D eigenvalue weighted by atomic mass is 9.98. The first-order chi connectivity index (χ1) is 10.0. The summed E-state index contributed by atoms with van der Waals surface area (Å²) in [6.07, 6.45) is 0.966. The third-order valence-electron chi connectivity index (χ3n) is 3.14. The lowest BCUT2D eigenvalue weighted by Crippen LogP contribution is -2.23.